The van der Waals surface area contributed by atoms with Gasteiger partial charge in [0.05, 0.1) is 24.0 Å². The highest BCUT2D eigenvalue weighted by atomic mass is 16.2. The summed E-state index contributed by atoms with van der Waals surface area (Å²) in [6, 6.07) is 11.9. The third-order valence-corrected chi connectivity index (χ3v) is 5.78. The lowest BCUT2D eigenvalue weighted by atomic mass is 9.96. The molecule has 1 fully saturated rings. The molecule has 1 aromatic heterocycles. The lowest BCUT2D eigenvalue weighted by molar-refractivity contribution is -0.127. The Balaban J connectivity index is 1.62. The largest absolute Gasteiger partial charge is 0.353 e. The molecule has 3 heterocycles. The Morgan fingerprint density at radius 3 is 2.74 bits per heavy atom. The van der Waals surface area contributed by atoms with E-state index in [1.54, 1.807) is 18.7 Å². The van der Waals surface area contributed by atoms with Crippen molar-refractivity contribution in [3.05, 3.63) is 48.3 Å². The minimum absolute atomic E-state index is 0.0385. The van der Waals surface area contributed by atoms with Crippen molar-refractivity contribution < 1.29 is 9.59 Å². The van der Waals surface area contributed by atoms with Gasteiger partial charge in [-0.05, 0) is 57.5 Å². The smallest absolute Gasteiger partial charge is 0.250 e. The van der Waals surface area contributed by atoms with Gasteiger partial charge in [0.1, 0.15) is 5.54 Å². The Labute approximate surface area is 159 Å². The molecule has 2 aliphatic rings. The van der Waals surface area contributed by atoms with Crippen LogP contribution in [0.4, 0.5) is 11.4 Å². The molecule has 1 saturated heterocycles. The van der Waals surface area contributed by atoms with E-state index in [-0.39, 0.29) is 17.9 Å². The van der Waals surface area contributed by atoms with Crippen LogP contribution >= 0.6 is 0 Å². The van der Waals surface area contributed by atoms with E-state index in [0.29, 0.717) is 12.2 Å². The van der Waals surface area contributed by atoms with Crippen molar-refractivity contribution in [3.63, 3.8) is 0 Å². The van der Waals surface area contributed by atoms with Crippen LogP contribution in [0.3, 0.4) is 0 Å². The second kappa shape index (κ2) is 6.53. The Morgan fingerprint density at radius 1 is 1.22 bits per heavy atom. The molecule has 0 saturated carbocycles. The summed E-state index contributed by atoms with van der Waals surface area (Å²) in [5.41, 5.74) is 1.76. The Bertz CT molecular complexity index is 886. The summed E-state index contributed by atoms with van der Waals surface area (Å²) in [4.78, 5) is 29.9. The molecule has 2 amide bonds. The van der Waals surface area contributed by atoms with Crippen molar-refractivity contribution in [3.8, 4) is 0 Å². The predicted molar refractivity (Wildman–Crippen MR) is 106 cm³/mol. The van der Waals surface area contributed by atoms with E-state index in [4.69, 9.17) is 0 Å². The van der Waals surface area contributed by atoms with E-state index in [2.05, 4.69) is 20.9 Å². The molecular weight excluding hydrogens is 340 g/mol. The van der Waals surface area contributed by atoms with Crippen LogP contribution in [0.1, 0.15) is 38.4 Å². The number of hydrogen-bond acceptors (Lipinski definition) is 3. The van der Waals surface area contributed by atoms with E-state index in [1.807, 2.05) is 43.6 Å². The highest BCUT2D eigenvalue weighted by molar-refractivity contribution is 6.14. The molecule has 1 N–H and O–H groups in total. The first-order valence-electron chi connectivity index (χ1n) is 9.48. The number of para-hydroxylation sites is 2. The van der Waals surface area contributed by atoms with Crippen molar-refractivity contribution in [1.29, 1.82) is 0 Å². The molecule has 0 unspecified atom stereocenters. The van der Waals surface area contributed by atoms with Crippen molar-refractivity contribution in [2.45, 2.75) is 38.3 Å². The normalized spacial score (nSPS) is 21.8. The third kappa shape index (κ3) is 2.94. The third-order valence-electron chi connectivity index (χ3n) is 5.78. The maximum Gasteiger partial charge on any atom is 0.250 e. The molecule has 0 bridgehead atoms. The summed E-state index contributed by atoms with van der Waals surface area (Å²) in [6.07, 6.45) is 4.16. The second-order valence-electron chi connectivity index (χ2n) is 7.93. The first kappa shape index (κ1) is 17.8. The Morgan fingerprint density at radius 2 is 2.00 bits per heavy atom. The minimum Gasteiger partial charge on any atom is -0.353 e. The van der Waals surface area contributed by atoms with Crippen LogP contribution < -0.4 is 10.2 Å². The number of fused-ring (bicyclic) bond motifs is 1. The van der Waals surface area contributed by atoms with Crippen LogP contribution in [0.2, 0.25) is 0 Å². The van der Waals surface area contributed by atoms with E-state index in [9.17, 15) is 9.59 Å². The van der Waals surface area contributed by atoms with Gasteiger partial charge in [0, 0.05) is 18.9 Å². The Kier molecular flexibility index (Phi) is 4.30. The number of nitrogens with one attached hydrogen (secondary N) is 1. The zero-order valence-electron chi connectivity index (χ0n) is 16.1. The molecule has 4 rings (SSSR count). The summed E-state index contributed by atoms with van der Waals surface area (Å²) >= 11 is 0. The maximum atomic E-state index is 13.4. The highest BCUT2D eigenvalue weighted by Crippen LogP contribution is 2.38. The number of hydrogen-bond donors (Lipinski definition) is 1. The summed E-state index contributed by atoms with van der Waals surface area (Å²) in [5, 5.41) is 2.92. The molecule has 6 nitrogen and oxygen atoms in total. The summed E-state index contributed by atoms with van der Waals surface area (Å²) in [6.45, 7) is 4.80. The fourth-order valence-electron chi connectivity index (χ4n) is 4.31. The number of anilines is 2. The lowest BCUT2D eigenvalue weighted by Gasteiger charge is -2.43. The standard InChI is InChI=1S/C21H26N4O2/c1-21(2)20(27)22-15-8-4-5-9-16(15)25(21)19(26)14-24-13-7-11-18(24)17-10-6-12-23(17)3/h4-6,8-10,12,18H,7,11,13-14H2,1-3H3,(H,22,27)/t18-/m1/s1. The molecule has 1 aromatic carbocycles. The number of rotatable bonds is 3. The van der Waals surface area contributed by atoms with Gasteiger partial charge in [0.2, 0.25) is 11.8 Å². The highest BCUT2D eigenvalue weighted by Gasteiger charge is 2.44. The molecule has 142 valence electrons. The number of aromatic nitrogens is 1. The van der Waals surface area contributed by atoms with Crippen molar-refractivity contribution in [1.82, 2.24) is 9.47 Å². The van der Waals surface area contributed by atoms with Crippen LogP contribution in [0.15, 0.2) is 42.6 Å². The average molecular weight is 366 g/mol. The molecular formula is C21H26N4O2. The van der Waals surface area contributed by atoms with Crippen LogP contribution in [0, 0.1) is 0 Å². The van der Waals surface area contributed by atoms with E-state index in [1.165, 1.54) is 5.69 Å². The fourth-order valence-corrected chi connectivity index (χ4v) is 4.31. The van der Waals surface area contributed by atoms with E-state index < -0.39 is 5.54 Å². The molecule has 2 aromatic rings. The van der Waals surface area contributed by atoms with Crippen LogP contribution in [0.5, 0.6) is 0 Å². The van der Waals surface area contributed by atoms with Gasteiger partial charge in [0.15, 0.2) is 0 Å². The number of aryl methyl sites for hydroxylation is 1. The van der Waals surface area contributed by atoms with Crippen LogP contribution in [-0.4, -0.2) is 39.9 Å². The van der Waals surface area contributed by atoms with Gasteiger partial charge >= 0.3 is 0 Å². The predicted octanol–water partition coefficient (Wildman–Crippen LogP) is 2.93. The number of carbonyl (C=O) groups is 2. The van der Waals surface area contributed by atoms with Gasteiger partial charge < -0.3 is 9.88 Å². The SMILES string of the molecule is Cn1cccc1[C@H]1CCCN1CC(=O)N1c2ccccc2NC(=O)C1(C)C. The van der Waals surface area contributed by atoms with Gasteiger partial charge in [-0.15, -0.1) is 0 Å². The molecule has 27 heavy (non-hydrogen) atoms. The van der Waals surface area contributed by atoms with Crippen molar-refractivity contribution in [2.75, 3.05) is 23.3 Å². The zero-order chi connectivity index (χ0) is 19.2. The summed E-state index contributed by atoms with van der Waals surface area (Å²) in [5.74, 6) is -0.196. The maximum absolute atomic E-state index is 13.4. The van der Waals surface area contributed by atoms with Crippen molar-refractivity contribution >= 4 is 23.2 Å². The molecule has 1 atom stereocenters. The van der Waals surface area contributed by atoms with Gasteiger partial charge in [-0.2, -0.15) is 0 Å². The van der Waals surface area contributed by atoms with Gasteiger partial charge in [0.25, 0.3) is 0 Å². The van der Waals surface area contributed by atoms with Crippen LogP contribution in [0.25, 0.3) is 0 Å². The molecule has 2 aliphatic heterocycles. The van der Waals surface area contributed by atoms with Crippen LogP contribution in [-0.2, 0) is 16.6 Å². The summed E-state index contributed by atoms with van der Waals surface area (Å²) < 4.78 is 2.13. The average Bonchev–Trinajstić information content (AvgIpc) is 3.24. The fraction of sp³-hybridized carbons (Fsp3) is 0.429. The first-order chi connectivity index (χ1) is 12.9. The minimum atomic E-state index is -0.925. The molecule has 0 aliphatic carbocycles. The van der Waals surface area contributed by atoms with E-state index >= 15 is 0 Å². The summed E-state index contributed by atoms with van der Waals surface area (Å²) in [7, 11) is 2.04. The number of nitrogens with zero attached hydrogens (tertiary/aromatic N) is 3. The van der Waals surface area contributed by atoms with Gasteiger partial charge in [-0.3, -0.25) is 19.4 Å². The molecule has 0 spiro atoms. The first-order valence-corrected chi connectivity index (χ1v) is 9.48. The number of likely N-dealkylation sites (tertiary alicyclic amines) is 1. The Hall–Kier alpha value is -2.60. The molecule has 6 heteroatoms. The lowest BCUT2D eigenvalue weighted by Crippen LogP contribution is -2.60. The monoisotopic (exact) mass is 366 g/mol. The quantitative estimate of drug-likeness (QED) is 0.909. The number of carbonyl (C=O) groups excluding carboxylic acids is 2. The number of amides is 2. The molecule has 0 radical (unpaired) electrons. The van der Waals surface area contributed by atoms with Gasteiger partial charge in [-0.1, -0.05) is 12.1 Å². The van der Waals surface area contributed by atoms with E-state index in [0.717, 1.165) is 25.1 Å². The topological polar surface area (TPSA) is 57.6 Å². The van der Waals surface area contributed by atoms with Crippen molar-refractivity contribution in [2.24, 2.45) is 7.05 Å². The second-order valence-corrected chi connectivity index (χ2v) is 7.93. The number of benzene rings is 1. The zero-order valence-corrected chi connectivity index (χ0v) is 16.1. The van der Waals surface area contributed by atoms with Gasteiger partial charge in [-0.25, -0.2) is 0 Å².